The van der Waals surface area contributed by atoms with E-state index in [4.69, 9.17) is 11.2 Å². The monoisotopic (exact) mass is 274 g/mol. The fourth-order valence-corrected chi connectivity index (χ4v) is 2.07. The smallest absolute Gasteiger partial charge is 0.273 e. The molecule has 0 spiro atoms. The standard InChI is InChI=1S/C14H14N2O4/c1-4-7-15-11-6-5-10(16(18)19)8-12(11)20-13(9(2)3)14(15)17/h1,5-6,8-9,13H,7H2,2-3H3. The predicted molar refractivity (Wildman–Crippen MR) is 73.5 cm³/mol. The molecule has 1 heterocycles. The fraction of sp³-hybridized carbons (Fsp3) is 0.357. The lowest BCUT2D eigenvalue weighted by Crippen LogP contribution is -2.48. The molecule has 0 N–H and O–H groups in total. The van der Waals surface area contributed by atoms with Gasteiger partial charge in [0.1, 0.15) is 0 Å². The van der Waals surface area contributed by atoms with E-state index in [9.17, 15) is 14.9 Å². The Labute approximate surface area is 116 Å². The minimum absolute atomic E-state index is 0.0600. The molecule has 20 heavy (non-hydrogen) atoms. The van der Waals surface area contributed by atoms with E-state index in [1.807, 2.05) is 13.8 Å². The van der Waals surface area contributed by atoms with Crippen LogP contribution in [0.3, 0.4) is 0 Å². The van der Waals surface area contributed by atoms with Crippen molar-refractivity contribution in [2.45, 2.75) is 20.0 Å². The summed E-state index contributed by atoms with van der Waals surface area (Å²) in [7, 11) is 0. The third-order valence-corrected chi connectivity index (χ3v) is 3.06. The van der Waals surface area contributed by atoms with Gasteiger partial charge in [0.05, 0.1) is 23.2 Å². The molecule has 1 unspecified atom stereocenters. The molecule has 6 nitrogen and oxygen atoms in total. The van der Waals surface area contributed by atoms with Gasteiger partial charge >= 0.3 is 0 Å². The maximum atomic E-state index is 12.3. The van der Waals surface area contributed by atoms with E-state index in [2.05, 4.69) is 5.92 Å². The van der Waals surface area contributed by atoms with Gasteiger partial charge in [-0.1, -0.05) is 19.8 Å². The quantitative estimate of drug-likeness (QED) is 0.480. The van der Waals surface area contributed by atoms with Crippen LogP contribution in [0.1, 0.15) is 13.8 Å². The molecule has 6 heteroatoms. The van der Waals surface area contributed by atoms with Crippen molar-refractivity contribution < 1.29 is 14.5 Å². The lowest BCUT2D eigenvalue weighted by molar-refractivity contribution is -0.384. The molecule has 0 saturated heterocycles. The summed E-state index contributed by atoms with van der Waals surface area (Å²) in [6, 6.07) is 4.13. The van der Waals surface area contributed by atoms with Crippen molar-refractivity contribution in [1.29, 1.82) is 0 Å². The molecule has 1 atom stereocenters. The van der Waals surface area contributed by atoms with Crippen molar-refractivity contribution in [2.75, 3.05) is 11.4 Å². The molecule has 0 fully saturated rings. The normalized spacial score (nSPS) is 17.4. The van der Waals surface area contributed by atoms with Crippen LogP contribution in [0.4, 0.5) is 11.4 Å². The summed E-state index contributed by atoms with van der Waals surface area (Å²) < 4.78 is 5.61. The number of ether oxygens (including phenoxy) is 1. The maximum Gasteiger partial charge on any atom is 0.273 e. The molecule has 1 aliphatic heterocycles. The number of carbonyl (C=O) groups excluding carboxylic acids is 1. The summed E-state index contributed by atoms with van der Waals surface area (Å²) in [5, 5.41) is 10.8. The Bertz CT molecular complexity index is 604. The van der Waals surface area contributed by atoms with Crippen molar-refractivity contribution in [3.8, 4) is 18.1 Å². The third kappa shape index (κ3) is 2.30. The van der Waals surface area contributed by atoms with Crippen LogP contribution in [0.5, 0.6) is 5.75 Å². The van der Waals surface area contributed by atoms with Crippen LogP contribution < -0.4 is 9.64 Å². The summed E-state index contributed by atoms with van der Waals surface area (Å²) in [4.78, 5) is 24.0. The number of benzene rings is 1. The van der Waals surface area contributed by atoms with Gasteiger partial charge in [-0.3, -0.25) is 19.8 Å². The largest absolute Gasteiger partial charge is 0.478 e. The molecular weight excluding hydrogens is 260 g/mol. The highest BCUT2D eigenvalue weighted by Crippen LogP contribution is 2.37. The summed E-state index contributed by atoms with van der Waals surface area (Å²) in [6.07, 6.45) is 4.60. The van der Waals surface area contributed by atoms with E-state index in [0.717, 1.165) is 0 Å². The van der Waals surface area contributed by atoms with Gasteiger partial charge in [-0.05, 0) is 12.0 Å². The van der Waals surface area contributed by atoms with Crippen LogP contribution in [-0.4, -0.2) is 23.5 Å². The number of hydrogen-bond acceptors (Lipinski definition) is 4. The number of nitrogens with zero attached hydrogens (tertiary/aromatic N) is 2. The van der Waals surface area contributed by atoms with Crippen molar-refractivity contribution in [3.05, 3.63) is 28.3 Å². The first-order valence-corrected chi connectivity index (χ1v) is 6.15. The molecule has 0 radical (unpaired) electrons. The SMILES string of the molecule is C#CCN1C(=O)C(C(C)C)Oc2cc([N+](=O)[O-])ccc21. The molecule has 0 aliphatic carbocycles. The number of non-ortho nitro benzene ring substituents is 1. The van der Waals surface area contributed by atoms with Gasteiger partial charge in [-0.25, -0.2) is 0 Å². The first kappa shape index (κ1) is 13.9. The first-order valence-electron chi connectivity index (χ1n) is 6.15. The van der Waals surface area contributed by atoms with E-state index >= 15 is 0 Å². The average Bonchev–Trinajstić information content (AvgIpc) is 2.40. The Hall–Kier alpha value is -2.55. The van der Waals surface area contributed by atoms with Gasteiger partial charge in [-0.15, -0.1) is 6.42 Å². The number of carbonyl (C=O) groups is 1. The second-order valence-electron chi connectivity index (χ2n) is 4.82. The van der Waals surface area contributed by atoms with Crippen molar-refractivity contribution in [3.63, 3.8) is 0 Å². The van der Waals surface area contributed by atoms with Crippen LogP contribution in [0.2, 0.25) is 0 Å². The number of terminal acetylenes is 1. The van der Waals surface area contributed by atoms with Crippen molar-refractivity contribution in [1.82, 2.24) is 0 Å². The van der Waals surface area contributed by atoms with E-state index in [0.29, 0.717) is 11.4 Å². The minimum Gasteiger partial charge on any atom is -0.478 e. The molecule has 1 aromatic carbocycles. The molecule has 0 aromatic heterocycles. The van der Waals surface area contributed by atoms with Gasteiger partial charge in [0.25, 0.3) is 11.6 Å². The van der Waals surface area contributed by atoms with Gasteiger partial charge in [0.2, 0.25) is 0 Å². The van der Waals surface area contributed by atoms with E-state index in [-0.39, 0.29) is 24.1 Å². The number of nitro groups is 1. The van der Waals surface area contributed by atoms with Gasteiger partial charge in [-0.2, -0.15) is 0 Å². The summed E-state index contributed by atoms with van der Waals surface area (Å²) in [5.74, 6) is 2.45. The Morgan fingerprint density at radius 2 is 2.25 bits per heavy atom. The molecule has 2 rings (SSSR count). The van der Waals surface area contributed by atoms with E-state index < -0.39 is 11.0 Å². The first-order chi connectivity index (χ1) is 9.45. The van der Waals surface area contributed by atoms with Gasteiger partial charge in [0, 0.05) is 6.07 Å². The highest BCUT2D eigenvalue weighted by molar-refractivity contribution is 6.00. The Balaban J connectivity index is 2.50. The van der Waals surface area contributed by atoms with Crippen LogP contribution >= 0.6 is 0 Å². The van der Waals surface area contributed by atoms with Crippen LogP contribution in [0.25, 0.3) is 0 Å². The second kappa shape index (κ2) is 5.21. The van der Waals surface area contributed by atoms with Crippen LogP contribution in [0, 0.1) is 28.4 Å². The number of fused-ring (bicyclic) bond motifs is 1. The zero-order chi connectivity index (χ0) is 14.9. The number of amides is 1. The Morgan fingerprint density at radius 1 is 1.55 bits per heavy atom. The topological polar surface area (TPSA) is 72.7 Å². The molecule has 104 valence electrons. The van der Waals surface area contributed by atoms with Gasteiger partial charge in [0.15, 0.2) is 11.9 Å². The maximum absolute atomic E-state index is 12.3. The molecule has 1 amide bonds. The summed E-state index contributed by atoms with van der Waals surface area (Å²) >= 11 is 0. The van der Waals surface area contributed by atoms with E-state index in [1.54, 1.807) is 0 Å². The average molecular weight is 274 g/mol. The summed E-state index contributed by atoms with van der Waals surface area (Å²) in [6.45, 7) is 3.80. The lowest BCUT2D eigenvalue weighted by Gasteiger charge is -2.34. The zero-order valence-electron chi connectivity index (χ0n) is 11.2. The Morgan fingerprint density at radius 3 is 2.80 bits per heavy atom. The number of rotatable bonds is 3. The molecule has 0 bridgehead atoms. The highest BCUT2D eigenvalue weighted by Gasteiger charge is 2.36. The molecule has 1 aliphatic rings. The highest BCUT2D eigenvalue weighted by atomic mass is 16.6. The van der Waals surface area contributed by atoms with Crippen LogP contribution in [-0.2, 0) is 4.79 Å². The fourth-order valence-electron chi connectivity index (χ4n) is 2.07. The second-order valence-corrected chi connectivity index (χ2v) is 4.82. The van der Waals surface area contributed by atoms with E-state index in [1.165, 1.54) is 23.1 Å². The Kier molecular flexibility index (Phi) is 3.61. The summed E-state index contributed by atoms with van der Waals surface area (Å²) in [5.41, 5.74) is 0.386. The predicted octanol–water partition coefficient (Wildman–Crippen LogP) is 1.98. The lowest BCUT2D eigenvalue weighted by atomic mass is 10.0. The third-order valence-electron chi connectivity index (χ3n) is 3.06. The molecule has 0 saturated carbocycles. The van der Waals surface area contributed by atoms with Crippen molar-refractivity contribution in [2.24, 2.45) is 5.92 Å². The number of nitro benzene ring substituents is 1. The van der Waals surface area contributed by atoms with Crippen LogP contribution in [0.15, 0.2) is 18.2 Å². The zero-order valence-corrected chi connectivity index (χ0v) is 11.2. The number of hydrogen-bond donors (Lipinski definition) is 0. The number of anilines is 1. The van der Waals surface area contributed by atoms with Crippen molar-refractivity contribution >= 4 is 17.3 Å². The molecule has 1 aromatic rings. The van der Waals surface area contributed by atoms with Gasteiger partial charge < -0.3 is 4.74 Å². The molecular formula is C14H14N2O4. The minimum atomic E-state index is -0.683.